The number of hydrogen-bond acceptors (Lipinski definition) is 3. The fraction of sp³-hybridized carbons (Fsp3) is 0.588. The van der Waals surface area contributed by atoms with Gasteiger partial charge >= 0.3 is 0 Å². The van der Waals surface area contributed by atoms with Crippen molar-refractivity contribution in [2.45, 2.75) is 51.0 Å². The molecular weight excluding hydrogens is 276 g/mol. The van der Waals surface area contributed by atoms with E-state index in [9.17, 15) is 4.79 Å². The molecule has 1 aliphatic carbocycles. The van der Waals surface area contributed by atoms with Crippen molar-refractivity contribution in [3.05, 3.63) is 30.2 Å². The van der Waals surface area contributed by atoms with Crippen LogP contribution in [0.1, 0.15) is 55.3 Å². The van der Waals surface area contributed by atoms with Gasteiger partial charge < -0.3 is 4.90 Å². The summed E-state index contributed by atoms with van der Waals surface area (Å²) < 4.78 is 1.68. The third-order valence-corrected chi connectivity index (χ3v) is 5.26. The lowest BCUT2D eigenvalue weighted by Crippen LogP contribution is -2.40. The molecule has 1 amide bonds. The van der Waals surface area contributed by atoms with Gasteiger partial charge in [0.05, 0.1) is 6.20 Å². The normalized spacial score (nSPS) is 23.3. The van der Waals surface area contributed by atoms with Crippen molar-refractivity contribution >= 4 is 11.6 Å². The third-order valence-electron chi connectivity index (χ3n) is 5.26. The van der Waals surface area contributed by atoms with Crippen LogP contribution in [0.3, 0.4) is 0 Å². The van der Waals surface area contributed by atoms with Gasteiger partial charge in [-0.05, 0) is 37.7 Å². The van der Waals surface area contributed by atoms with Crippen LogP contribution in [0.4, 0.5) is 0 Å². The minimum atomic E-state index is 0.113. The van der Waals surface area contributed by atoms with Crippen LogP contribution in [-0.4, -0.2) is 38.0 Å². The van der Waals surface area contributed by atoms with Crippen molar-refractivity contribution in [3.8, 4) is 0 Å². The number of carbonyl (C=O) groups is 1. The van der Waals surface area contributed by atoms with Gasteiger partial charge in [-0.1, -0.05) is 19.3 Å². The van der Waals surface area contributed by atoms with E-state index < -0.39 is 0 Å². The molecule has 1 atom stereocenters. The first-order valence-electron chi connectivity index (χ1n) is 8.44. The van der Waals surface area contributed by atoms with E-state index in [4.69, 9.17) is 0 Å². The fourth-order valence-electron chi connectivity index (χ4n) is 4.19. The first kappa shape index (κ1) is 13.7. The summed E-state index contributed by atoms with van der Waals surface area (Å²) in [6, 6.07) is 2.25. The third kappa shape index (κ3) is 2.28. The Labute approximate surface area is 130 Å². The second-order valence-corrected chi connectivity index (χ2v) is 6.55. The molecule has 0 N–H and O–H groups in total. The monoisotopic (exact) mass is 298 g/mol. The van der Waals surface area contributed by atoms with Gasteiger partial charge in [0, 0.05) is 25.0 Å². The summed E-state index contributed by atoms with van der Waals surface area (Å²) in [4.78, 5) is 19.4. The Hall–Kier alpha value is -1.91. The molecule has 1 saturated heterocycles. The minimum Gasteiger partial charge on any atom is -0.335 e. The maximum absolute atomic E-state index is 13.0. The van der Waals surface area contributed by atoms with Gasteiger partial charge in [0.2, 0.25) is 0 Å². The van der Waals surface area contributed by atoms with Crippen molar-refractivity contribution in [2.75, 3.05) is 6.54 Å². The Morgan fingerprint density at radius 2 is 2.00 bits per heavy atom. The van der Waals surface area contributed by atoms with E-state index in [1.807, 2.05) is 12.3 Å². The molecule has 3 heterocycles. The molecule has 2 aromatic heterocycles. The second kappa shape index (κ2) is 5.71. The molecule has 1 saturated carbocycles. The number of hydrogen-bond donors (Lipinski definition) is 0. The quantitative estimate of drug-likeness (QED) is 0.856. The Kier molecular flexibility index (Phi) is 3.56. The molecule has 2 fully saturated rings. The number of carbonyl (C=O) groups excluding carboxylic acids is 1. The van der Waals surface area contributed by atoms with Crippen molar-refractivity contribution in [1.82, 2.24) is 19.5 Å². The molecular formula is C17H22N4O. The SMILES string of the molecule is O=C(c1cnn2cccnc12)N1CCC[C@@H]1C1CCCCC1. The number of rotatable bonds is 2. The Bertz CT molecular complexity index is 674. The molecule has 0 spiro atoms. The highest BCUT2D eigenvalue weighted by molar-refractivity contribution is 5.99. The smallest absolute Gasteiger partial charge is 0.259 e. The van der Waals surface area contributed by atoms with E-state index in [0.29, 0.717) is 23.2 Å². The summed E-state index contributed by atoms with van der Waals surface area (Å²) in [5.74, 6) is 0.803. The highest BCUT2D eigenvalue weighted by Gasteiger charge is 2.36. The zero-order valence-corrected chi connectivity index (χ0v) is 12.8. The highest BCUT2D eigenvalue weighted by atomic mass is 16.2. The maximum atomic E-state index is 13.0. The lowest BCUT2D eigenvalue weighted by molar-refractivity contribution is 0.0663. The number of amides is 1. The van der Waals surface area contributed by atoms with Crippen LogP contribution in [0.15, 0.2) is 24.7 Å². The van der Waals surface area contributed by atoms with Gasteiger partial charge in [-0.3, -0.25) is 4.79 Å². The molecule has 0 aromatic carbocycles. The zero-order valence-electron chi connectivity index (χ0n) is 12.8. The molecule has 0 radical (unpaired) electrons. The summed E-state index contributed by atoms with van der Waals surface area (Å²) in [5.41, 5.74) is 1.31. The molecule has 22 heavy (non-hydrogen) atoms. The van der Waals surface area contributed by atoms with E-state index in [1.165, 1.54) is 32.1 Å². The largest absolute Gasteiger partial charge is 0.335 e. The summed E-state index contributed by atoms with van der Waals surface area (Å²) >= 11 is 0. The van der Waals surface area contributed by atoms with Crippen LogP contribution in [-0.2, 0) is 0 Å². The predicted octanol–water partition coefficient (Wildman–Crippen LogP) is 2.91. The Morgan fingerprint density at radius 1 is 1.14 bits per heavy atom. The second-order valence-electron chi connectivity index (χ2n) is 6.55. The van der Waals surface area contributed by atoms with E-state index in [2.05, 4.69) is 15.0 Å². The molecule has 0 bridgehead atoms. The lowest BCUT2D eigenvalue weighted by Gasteiger charge is -2.33. The van der Waals surface area contributed by atoms with E-state index in [1.54, 1.807) is 16.9 Å². The average molecular weight is 298 g/mol. The van der Waals surface area contributed by atoms with Crippen molar-refractivity contribution < 1.29 is 4.79 Å². The summed E-state index contributed by atoms with van der Waals surface area (Å²) in [7, 11) is 0. The molecule has 2 aliphatic rings. The van der Waals surface area contributed by atoms with Crippen LogP contribution in [0.5, 0.6) is 0 Å². The average Bonchev–Trinajstić information content (AvgIpc) is 3.22. The van der Waals surface area contributed by atoms with Gasteiger partial charge in [-0.25, -0.2) is 9.50 Å². The molecule has 5 nitrogen and oxygen atoms in total. The van der Waals surface area contributed by atoms with Gasteiger partial charge in [0.1, 0.15) is 5.56 Å². The van der Waals surface area contributed by atoms with Gasteiger partial charge in [-0.15, -0.1) is 0 Å². The van der Waals surface area contributed by atoms with E-state index in [-0.39, 0.29) is 5.91 Å². The zero-order chi connectivity index (χ0) is 14.9. The van der Waals surface area contributed by atoms with E-state index in [0.717, 1.165) is 19.4 Å². The van der Waals surface area contributed by atoms with Crippen LogP contribution in [0, 0.1) is 5.92 Å². The Morgan fingerprint density at radius 3 is 2.86 bits per heavy atom. The van der Waals surface area contributed by atoms with Crippen LogP contribution < -0.4 is 0 Å². The fourth-order valence-corrected chi connectivity index (χ4v) is 4.19. The maximum Gasteiger partial charge on any atom is 0.259 e. The van der Waals surface area contributed by atoms with Gasteiger partial charge in [0.25, 0.3) is 5.91 Å². The summed E-state index contributed by atoms with van der Waals surface area (Å²) in [6.07, 6.45) is 14.1. The van der Waals surface area contributed by atoms with Gasteiger partial charge in [0.15, 0.2) is 5.65 Å². The Balaban J connectivity index is 1.61. The van der Waals surface area contributed by atoms with Crippen molar-refractivity contribution in [3.63, 3.8) is 0 Å². The van der Waals surface area contributed by atoms with Gasteiger partial charge in [-0.2, -0.15) is 5.10 Å². The summed E-state index contributed by atoms with van der Waals surface area (Å²) in [6.45, 7) is 0.879. The number of likely N-dealkylation sites (tertiary alicyclic amines) is 1. The van der Waals surface area contributed by atoms with Crippen molar-refractivity contribution in [2.24, 2.45) is 5.92 Å². The van der Waals surface area contributed by atoms with E-state index >= 15 is 0 Å². The number of fused-ring (bicyclic) bond motifs is 1. The molecule has 2 aromatic rings. The highest BCUT2D eigenvalue weighted by Crippen LogP contribution is 2.35. The minimum absolute atomic E-state index is 0.113. The van der Waals surface area contributed by atoms with Crippen LogP contribution >= 0.6 is 0 Å². The first-order chi connectivity index (χ1) is 10.8. The standard InChI is InChI=1S/C17H22N4O/c22-17(14-12-19-21-11-5-9-18-16(14)21)20-10-4-8-15(20)13-6-2-1-3-7-13/h5,9,11-13,15H,1-4,6-8,10H2/t15-/m1/s1. The molecule has 5 heteroatoms. The predicted molar refractivity (Wildman–Crippen MR) is 83.6 cm³/mol. The molecule has 4 rings (SSSR count). The molecule has 1 aliphatic heterocycles. The van der Waals surface area contributed by atoms with Crippen LogP contribution in [0.2, 0.25) is 0 Å². The lowest BCUT2D eigenvalue weighted by atomic mass is 9.83. The molecule has 0 unspecified atom stereocenters. The van der Waals surface area contributed by atoms with Crippen molar-refractivity contribution in [1.29, 1.82) is 0 Å². The molecule has 116 valence electrons. The topological polar surface area (TPSA) is 50.5 Å². The number of nitrogens with zero attached hydrogens (tertiary/aromatic N) is 4. The number of aromatic nitrogens is 3. The summed E-state index contributed by atoms with van der Waals surface area (Å²) in [5, 5.41) is 4.26. The first-order valence-corrected chi connectivity index (χ1v) is 8.44. The van der Waals surface area contributed by atoms with Crippen LogP contribution in [0.25, 0.3) is 5.65 Å².